The second kappa shape index (κ2) is 7.17. The van der Waals surface area contributed by atoms with Crippen molar-refractivity contribution in [2.24, 2.45) is 0 Å². The van der Waals surface area contributed by atoms with E-state index in [2.05, 4.69) is 16.8 Å². The van der Waals surface area contributed by atoms with Gasteiger partial charge in [-0.3, -0.25) is 9.59 Å². The summed E-state index contributed by atoms with van der Waals surface area (Å²) >= 11 is 1.06. The van der Waals surface area contributed by atoms with E-state index >= 15 is 0 Å². The Balaban J connectivity index is 2.76. The Kier molecular flexibility index (Phi) is 5.87. The third-order valence-electron chi connectivity index (χ3n) is 2.44. The Morgan fingerprint density at radius 2 is 2.33 bits per heavy atom. The van der Waals surface area contributed by atoms with Crippen LogP contribution in [0.1, 0.15) is 6.92 Å². The molecule has 100 valence electrons. The first-order chi connectivity index (χ1) is 8.52. The van der Waals surface area contributed by atoms with Gasteiger partial charge in [0, 0.05) is 25.4 Å². The van der Waals surface area contributed by atoms with Crippen molar-refractivity contribution in [3.05, 3.63) is 22.6 Å². The van der Waals surface area contributed by atoms with Crippen LogP contribution in [0.2, 0.25) is 0 Å². The molecule has 0 saturated carbocycles. The van der Waals surface area contributed by atoms with Crippen molar-refractivity contribution in [2.75, 3.05) is 25.9 Å². The van der Waals surface area contributed by atoms with Crippen LogP contribution < -0.4 is 5.56 Å². The van der Waals surface area contributed by atoms with Gasteiger partial charge >= 0.3 is 5.97 Å². The molecule has 1 aromatic heterocycles. The minimum absolute atomic E-state index is 0.0972. The maximum Gasteiger partial charge on any atom is 0.313 e. The van der Waals surface area contributed by atoms with Gasteiger partial charge in [0.25, 0.3) is 5.56 Å². The summed E-state index contributed by atoms with van der Waals surface area (Å²) in [5.74, 6) is -1.02. The van der Waals surface area contributed by atoms with Crippen LogP contribution in [0.4, 0.5) is 0 Å². The molecule has 1 aromatic rings. The second-order valence-electron chi connectivity index (χ2n) is 3.82. The monoisotopic (exact) mass is 271 g/mol. The van der Waals surface area contributed by atoms with Gasteiger partial charge in [0.1, 0.15) is 0 Å². The lowest BCUT2D eigenvalue weighted by Gasteiger charge is -2.16. The summed E-state index contributed by atoms with van der Waals surface area (Å²) in [7, 11) is 2.00. The topological polar surface area (TPSA) is 75.4 Å². The molecule has 1 N–H and O–H groups in total. The highest BCUT2D eigenvalue weighted by Crippen LogP contribution is 2.13. The molecule has 0 radical (unpaired) electrons. The smallest absolute Gasteiger partial charge is 0.313 e. The SMILES string of the molecule is CCN(C)CCn1ccc(=O)nc1SCC(=O)O. The molecule has 0 unspecified atom stereocenters. The predicted molar refractivity (Wildman–Crippen MR) is 70.0 cm³/mol. The van der Waals surface area contributed by atoms with Crippen molar-refractivity contribution < 1.29 is 9.90 Å². The van der Waals surface area contributed by atoms with Gasteiger partial charge in [-0.05, 0) is 13.6 Å². The summed E-state index contributed by atoms with van der Waals surface area (Å²) in [4.78, 5) is 27.7. The van der Waals surface area contributed by atoms with E-state index in [-0.39, 0.29) is 11.3 Å². The summed E-state index contributed by atoms with van der Waals surface area (Å²) in [6.07, 6.45) is 1.66. The lowest BCUT2D eigenvalue weighted by Crippen LogP contribution is -2.24. The molecule has 0 spiro atoms. The quantitative estimate of drug-likeness (QED) is 0.570. The Hall–Kier alpha value is -1.34. The molecule has 0 fully saturated rings. The zero-order valence-electron chi connectivity index (χ0n) is 10.5. The van der Waals surface area contributed by atoms with E-state index in [4.69, 9.17) is 5.11 Å². The Labute approximate surface area is 110 Å². The summed E-state index contributed by atoms with van der Waals surface area (Å²) in [6, 6.07) is 1.39. The average molecular weight is 271 g/mol. The fourth-order valence-corrected chi connectivity index (χ4v) is 1.99. The highest BCUT2D eigenvalue weighted by atomic mass is 32.2. The molecule has 0 aliphatic rings. The third kappa shape index (κ3) is 4.89. The molecular weight excluding hydrogens is 254 g/mol. The van der Waals surface area contributed by atoms with Crippen LogP contribution in [-0.2, 0) is 11.3 Å². The number of carboxylic acid groups (broad SMARTS) is 1. The van der Waals surface area contributed by atoms with Gasteiger partial charge in [-0.1, -0.05) is 18.7 Å². The number of carboxylic acids is 1. The first-order valence-electron chi connectivity index (χ1n) is 5.63. The van der Waals surface area contributed by atoms with E-state index in [9.17, 15) is 9.59 Å². The highest BCUT2D eigenvalue weighted by molar-refractivity contribution is 7.99. The molecule has 1 heterocycles. The van der Waals surface area contributed by atoms with Gasteiger partial charge < -0.3 is 14.6 Å². The lowest BCUT2D eigenvalue weighted by molar-refractivity contribution is -0.133. The molecule has 1 rings (SSSR count). The van der Waals surface area contributed by atoms with Crippen molar-refractivity contribution in [1.82, 2.24) is 14.5 Å². The van der Waals surface area contributed by atoms with Crippen LogP contribution >= 0.6 is 11.8 Å². The fourth-order valence-electron chi connectivity index (χ4n) is 1.26. The number of rotatable bonds is 7. The zero-order valence-corrected chi connectivity index (χ0v) is 11.3. The number of likely N-dealkylation sites (N-methyl/N-ethyl adjacent to an activating group) is 1. The number of hydrogen-bond donors (Lipinski definition) is 1. The third-order valence-corrected chi connectivity index (χ3v) is 3.41. The van der Waals surface area contributed by atoms with Crippen molar-refractivity contribution in [3.63, 3.8) is 0 Å². The fraction of sp³-hybridized carbons (Fsp3) is 0.545. The van der Waals surface area contributed by atoms with E-state index in [1.54, 1.807) is 10.8 Å². The lowest BCUT2D eigenvalue weighted by atomic mass is 10.5. The van der Waals surface area contributed by atoms with E-state index in [1.165, 1.54) is 6.07 Å². The van der Waals surface area contributed by atoms with Crippen LogP contribution in [0.5, 0.6) is 0 Å². The molecule has 6 nitrogen and oxygen atoms in total. The molecular formula is C11H17N3O3S. The molecule has 0 bridgehead atoms. The van der Waals surface area contributed by atoms with Gasteiger partial charge in [-0.15, -0.1) is 0 Å². The Morgan fingerprint density at radius 1 is 1.61 bits per heavy atom. The number of aliphatic carboxylic acids is 1. The second-order valence-corrected chi connectivity index (χ2v) is 4.76. The molecule has 0 atom stereocenters. The summed E-state index contributed by atoms with van der Waals surface area (Å²) in [5.41, 5.74) is -0.344. The number of nitrogens with zero attached hydrogens (tertiary/aromatic N) is 3. The maximum absolute atomic E-state index is 11.2. The van der Waals surface area contributed by atoms with E-state index in [0.717, 1.165) is 24.9 Å². The van der Waals surface area contributed by atoms with Gasteiger partial charge in [0.2, 0.25) is 0 Å². The van der Waals surface area contributed by atoms with Gasteiger partial charge in [0.15, 0.2) is 5.16 Å². The molecule has 0 aliphatic heterocycles. The largest absolute Gasteiger partial charge is 0.481 e. The number of carbonyl (C=O) groups is 1. The maximum atomic E-state index is 11.2. The highest BCUT2D eigenvalue weighted by Gasteiger charge is 2.07. The first kappa shape index (κ1) is 14.7. The minimum Gasteiger partial charge on any atom is -0.481 e. The standard InChI is InChI=1S/C11H17N3O3S/c1-3-13(2)6-7-14-5-4-9(15)12-11(14)18-8-10(16)17/h4-5H,3,6-8H2,1-2H3,(H,16,17). The van der Waals surface area contributed by atoms with Crippen molar-refractivity contribution >= 4 is 17.7 Å². The number of hydrogen-bond acceptors (Lipinski definition) is 5. The summed E-state index contributed by atoms with van der Waals surface area (Å²) in [5, 5.41) is 9.10. The van der Waals surface area contributed by atoms with E-state index < -0.39 is 5.97 Å². The van der Waals surface area contributed by atoms with Crippen molar-refractivity contribution in [2.45, 2.75) is 18.6 Å². The molecule has 0 aromatic carbocycles. The average Bonchev–Trinajstić information content (AvgIpc) is 2.34. The predicted octanol–water partition coefficient (Wildman–Crippen LogP) is 0.372. The molecule has 0 aliphatic carbocycles. The summed E-state index contributed by atoms with van der Waals surface area (Å²) < 4.78 is 1.81. The van der Waals surface area contributed by atoms with Crippen LogP contribution in [0.3, 0.4) is 0 Å². The van der Waals surface area contributed by atoms with Gasteiger partial charge in [-0.2, -0.15) is 4.98 Å². The molecule has 18 heavy (non-hydrogen) atoms. The van der Waals surface area contributed by atoms with E-state index in [1.807, 2.05) is 7.05 Å². The normalized spacial score (nSPS) is 10.8. The van der Waals surface area contributed by atoms with Gasteiger partial charge in [0.05, 0.1) is 5.75 Å². The van der Waals surface area contributed by atoms with Crippen molar-refractivity contribution in [3.8, 4) is 0 Å². The Bertz CT molecular complexity index is 461. The van der Waals surface area contributed by atoms with E-state index in [0.29, 0.717) is 11.7 Å². The summed E-state index contributed by atoms with van der Waals surface area (Å²) in [6.45, 7) is 4.50. The molecule has 0 amide bonds. The number of thioether (sulfide) groups is 1. The first-order valence-corrected chi connectivity index (χ1v) is 6.62. The van der Waals surface area contributed by atoms with Crippen LogP contribution in [0, 0.1) is 0 Å². The zero-order chi connectivity index (χ0) is 13.5. The Morgan fingerprint density at radius 3 is 2.94 bits per heavy atom. The van der Waals surface area contributed by atoms with Crippen LogP contribution in [-0.4, -0.2) is 51.4 Å². The molecule has 0 saturated heterocycles. The van der Waals surface area contributed by atoms with Gasteiger partial charge in [-0.25, -0.2) is 0 Å². The van der Waals surface area contributed by atoms with Crippen LogP contribution in [0.25, 0.3) is 0 Å². The number of aromatic nitrogens is 2. The van der Waals surface area contributed by atoms with Crippen molar-refractivity contribution in [1.29, 1.82) is 0 Å². The minimum atomic E-state index is -0.921. The van der Waals surface area contributed by atoms with Crippen LogP contribution in [0.15, 0.2) is 22.2 Å². The molecule has 7 heteroatoms.